The van der Waals surface area contributed by atoms with Crippen LogP contribution in [0.15, 0.2) is 23.2 Å². The zero-order valence-corrected chi connectivity index (χ0v) is 9.36. The normalized spacial score (nSPS) is 11.2. The van der Waals surface area contributed by atoms with Gasteiger partial charge in [0.15, 0.2) is 0 Å². The van der Waals surface area contributed by atoms with Gasteiger partial charge >= 0.3 is 5.97 Å². The Labute approximate surface area is 94.1 Å². The Morgan fingerprint density at radius 2 is 2.12 bits per heavy atom. The molecule has 0 saturated heterocycles. The van der Waals surface area contributed by atoms with E-state index in [0.717, 1.165) is 0 Å². The van der Waals surface area contributed by atoms with Gasteiger partial charge in [-0.3, -0.25) is 0 Å². The summed E-state index contributed by atoms with van der Waals surface area (Å²) in [5, 5.41) is 0. The maximum atomic E-state index is 11.3. The van der Waals surface area contributed by atoms with E-state index in [1.165, 1.54) is 0 Å². The third-order valence-electron chi connectivity index (χ3n) is 1.91. The second-order valence-electron chi connectivity index (χ2n) is 3.24. The first-order chi connectivity index (χ1) is 7.54. The molecular weight excluding hydrogens is 206 g/mol. The minimum atomic E-state index is -0.454. The molecule has 86 valence electrons. The van der Waals surface area contributed by atoms with E-state index in [0.29, 0.717) is 23.7 Å². The van der Waals surface area contributed by atoms with Gasteiger partial charge in [0.2, 0.25) is 0 Å². The molecule has 0 spiro atoms. The molecule has 0 fully saturated rings. The fourth-order valence-corrected chi connectivity index (χ4v) is 1.12. The van der Waals surface area contributed by atoms with Crippen molar-refractivity contribution in [1.29, 1.82) is 0 Å². The van der Waals surface area contributed by atoms with Gasteiger partial charge in [0, 0.05) is 5.69 Å². The molecule has 0 aliphatic heterocycles. The summed E-state index contributed by atoms with van der Waals surface area (Å²) in [4.78, 5) is 15.4. The molecule has 0 aromatic heterocycles. The number of nitrogen functional groups attached to an aromatic ring is 2. The van der Waals surface area contributed by atoms with E-state index in [2.05, 4.69) is 4.99 Å². The van der Waals surface area contributed by atoms with E-state index in [-0.39, 0.29) is 5.71 Å². The van der Waals surface area contributed by atoms with Gasteiger partial charge in [-0.1, -0.05) is 0 Å². The summed E-state index contributed by atoms with van der Waals surface area (Å²) in [6.07, 6.45) is 0. The van der Waals surface area contributed by atoms with E-state index in [1.54, 1.807) is 32.0 Å². The van der Waals surface area contributed by atoms with Gasteiger partial charge in [-0.25, -0.2) is 9.79 Å². The monoisotopic (exact) mass is 221 g/mol. The second kappa shape index (κ2) is 5.16. The highest BCUT2D eigenvalue weighted by atomic mass is 16.5. The molecule has 0 aliphatic rings. The Hall–Kier alpha value is -2.04. The van der Waals surface area contributed by atoms with E-state index < -0.39 is 5.97 Å². The summed E-state index contributed by atoms with van der Waals surface area (Å²) in [7, 11) is 0. The molecule has 0 saturated carbocycles. The molecule has 1 aromatic rings. The van der Waals surface area contributed by atoms with Crippen molar-refractivity contribution in [1.82, 2.24) is 0 Å². The number of carbonyl (C=O) groups is 1. The molecule has 0 bridgehead atoms. The third-order valence-corrected chi connectivity index (χ3v) is 1.91. The minimum Gasteiger partial charge on any atom is -0.462 e. The third kappa shape index (κ3) is 2.98. The lowest BCUT2D eigenvalue weighted by Crippen LogP contribution is -2.13. The molecular formula is C11H15N3O2. The zero-order valence-electron chi connectivity index (χ0n) is 9.36. The molecule has 4 N–H and O–H groups in total. The number of nitrogens with two attached hydrogens (primary N) is 2. The summed E-state index contributed by atoms with van der Waals surface area (Å²) in [6.45, 7) is 3.62. The summed E-state index contributed by atoms with van der Waals surface area (Å²) in [5.74, 6) is -0.454. The van der Waals surface area contributed by atoms with Crippen LogP contribution in [-0.4, -0.2) is 18.3 Å². The van der Waals surface area contributed by atoms with E-state index >= 15 is 0 Å². The van der Waals surface area contributed by atoms with Crippen LogP contribution in [0.1, 0.15) is 13.8 Å². The maximum Gasteiger partial charge on any atom is 0.352 e. The smallest absolute Gasteiger partial charge is 0.352 e. The molecule has 0 heterocycles. The van der Waals surface area contributed by atoms with Gasteiger partial charge in [0.1, 0.15) is 5.71 Å². The fourth-order valence-electron chi connectivity index (χ4n) is 1.12. The van der Waals surface area contributed by atoms with Crippen LogP contribution in [-0.2, 0) is 9.53 Å². The van der Waals surface area contributed by atoms with Gasteiger partial charge < -0.3 is 16.2 Å². The highest BCUT2D eigenvalue weighted by molar-refractivity contribution is 6.36. The van der Waals surface area contributed by atoms with Crippen molar-refractivity contribution in [3.8, 4) is 0 Å². The molecule has 0 radical (unpaired) electrons. The van der Waals surface area contributed by atoms with Crippen LogP contribution in [0.25, 0.3) is 0 Å². The number of ether oxygens (including phenoxy) is 1. The molecule has 1 rings (SSSR count). The first-order valence-electron chi connectivity index (χ1n) is 4.92. The van der Waals surface area contributed by atoms with Crippen LogP contribution in [0.4, 0.5) is 17.1 Å². The summed E-state index contributed by atoms with van der Waals surface area (Å²) >= 11 is 0. The van der Waals surface area contributed by atoms with E-state index in [9.17, 15) is 4.79 Å². The minimum absolute atomic E-state index is 0.249. The molecule has 0 aliphatic carbocycles. The lowest BCUT2D eigenvalue weighted by Gasteiger charge is -2.04. The van der Waals surface area contributed by atoms with Crippen molar-refractivity contribution < 1.29 is 9.53 Å². The fraction of sp³-hybridized carbons (Fsp3) is 0.273. The van der Waals surface area contributed by atoms with Crippen molar-refractivity contribution in [3.63, 3.8) is 0 Å². The van der Waals surface area contributed by atoms with Crippen LogP contribution in [0, 0.1) is 0 Å². The van der Waals surface area contributed by atoms with Crippen LogP contribution in [0.2, 0.25) is 0 Å². The number of benzene rings is 1. The summed E-state index contributed by atoms with van der Waals surface area (Å²) < 4.78 is 4.80. The van der Waals surface area contributed by atoms with Crippen molar-refractivity contribution >= 4 is 28.7 Å². The quantitative estimate of drug-likeness (QED) is 0.459. The number of rotatable bonds is 3. The number of hydrogen-bond acceptors (Lipinski definition) is 5. The first-order valence-corrected chi connectivity index (χ1v) is 4.92. The van der Waals surface area contributed by atoms with Crippen molar-refractivity contribution in [2.45, 2.75) is 13.8 Å². The Bertz CT molecular complexity index is 427. The Morgan fingerprint density at radius 3 is 2.75 bits per heavy atom. The van der Waals surface area contributed by atoms with Gasteiger partial charge in [-0.2, -0.15) is 0 Å². The molecule has 0 atom stereocenters. The van der Waals surface area contributed by atoms with E-state index in [1.807, 2.05) is 0 Å². The Balaban J connectivity index is 2.97. The van der Waals surface area contributed by atoms with Crippen LogP contribution in [0.5, 0.6) is 0 Å². The lowest BCUT2D eigenvalue weighted by atomic mass is 10.2. The highest BCUT2D eigenvalue weighted by Gasteiger charge is 2.07. The SMILES string of the molecule is CCOC(=O)C(C)=Nc1cc(N)ccc1N. The molecule has 0 unspecified atom stereocenters. The zero-order chi connectivity index (χ0) is 12.1. The molecule has 5 heteroatoms. The largest absolute Gasteiger partial charge is 0.462 e. The Morgan fingerprint density at radius 1 is 1.44 bits per heavy atom. The van der Waals surface area contributed by atoms with Gasteiger partial charge in [0.05, 0.1) is 18.0 Å². The van der Waals surface area contributed by atoms with Crippen LogP contribution in [0.3, 0.4) is 0 Å². The number of esters is 1. The highest BCUT2D eigenvalue weighted by Crippen LogP contribution is 2.24. The topological polar surface area (TPSA) is 90.7 Å². The van der Waals surface area contributed by atoms with Crippen LogP contribution >= 0.6 is 0 Å². The maximum absolute atomic E-state index is 11.3. The first kappa shape index (κ1) is 12.0. The predicted octanol–water partition coefficient (Wildman–Crippen LogP) is 1.51. The Kier molecular flexibility index (Phi) is 3.88. The van der Waals surface area contributed by atoms with Crippen molar-refractivity contribution in [3.05, 3.63) is 18.2 Å². The molecule has 5 nitrogen and oxygen atoms in total. The lowest BCUT2D eigenvalue weighted by molar-refractivity contribution is -0.135. The second-order valence-corrected chi connectivity index (χ2v) is 3.24. The summed E-state index contributed by atoms with van der Waals surface area (Å²) in [5.41, 5.74) is 13.0. The number of nitrogens with zero attached hydrogens (tertiary/aromatic N) is 1. The van der Waals surface area contributed by atoms with Crippen molar-refractivity contribution in [2.24, 2.45) is 4.99 Å². The molecule has 16 heavy (non-hydrogen) atoms. The average molecular weight is 221 g/mol. The number of carbonyl (C=O) groups excluding carboxylic acids is 1. The summed E-state index contributed by atoms with van der Waals surface area (Å²) in [6, 6.07) is 4.93. The molecule has 1 aromatic carbocycles. The molecule has 0 amide bonds. The predicted molar refractivity (Wildman–Crippen MR) is 64.7 cm³/mol. The van der Waals surface area contributed by atoms with Crippen LogP contribution < -0.4 is 11.5 Å². The number of anilines is 2. The average Bonchev–Trinajstić information content (AvgIpc) is 2.23. The number of aliphatic imine (C=N–C) groups is 1. The van der Waals surface area contributed by atoms with E-state index in [4.69, 9.17) is 16.2 Å². The van der Waals surface area contributed by atoms with Gasteiger partial charge in [-0.15, -0.1) is 0 Å². The van der Waals surface area contributed by atoms with Crippen molar-refractivity contribution in [2.75, 3.05) is 18.1 Å². The number of hydrogen-bond donors (Lipinski definition) is 2. The van der Waals surface area contributed by atoms with Gasteiger partial charge in [-0.05, 0) is 32.0 Å². The standard InChI is InChI=1S/C11H15N3O2/c1-3-16-11(15)7(2)14-10-6-8(12)4-5-9(10)13/h4-6H,3,12-13H2,1-2H3. The van der Waals surface area contributed by atoms with Gasteiger partial charge in [0.25, 0.3) is 0 Å².